The summed E-state index contributed by atoms with van der Waals surface area (Å²) in [6.07, 6.45) is -2.00. The largest absolute Gasteiger partial charge is 0.444 e. The molecule has 0 spiro atoms. The zero-order valence-corrected chi connectivity index (χ0v) is 31.0. The Morgan fingerprint density at radius 2 is 1.57 bits per heavy atom. The molecule has 1 unspecified atom stereocenters. The summed E-state index contributed by atoms with van der Waals surface area (Å²) < 4.78 is 71.3. The molecule has 1 aliphatic carbocycles. The van der Waals surface area contributed by atoms with Crippen LogP contribution >= 0.6 is 0 Å². The predicted octanol–water partition coefficient (Wildman–Crippen LogP) is 5.95. The molecule has 54 heavy (non-hydrogen) atoms. The first kappa shape index (κ1) is 39.9. The number of carbonyl (C=O) groups excluding carboxylic acids is 3. The number of alkyl halides is 3. The second-order valence-electron chi connectivity index (χ2n) is 14.3. The lowest BCUT2D eigenvalue weighted by atomic mass is 9.81. The first-order valence-electron chi connectivity index (χ1n) is 17.3. The number of anilines is 1. The van der Waals surface area contributed by atoms with Crippen molar-refractivity contribution in [3.8, 4) is 22.5 Å². The van der Waals surface area contributed by atoms with Gasteiger partial charge in [0.1, 0.15) is 11.6 Å². The zero-order valence-electron chi connectivity index (χ0n) is 30.2. The molecule has 1 heterocycles. The highest BCUT2D eigenvalue weighted by atomic mass is 32.2. The minimum Gasteiger partial charge on any atom is -0.444 e. The minimum absolute atomic E-state index is 0.0209. The second-order valence-corrected chi connectivity index (χ2v) is 16.4. The predicted molar refractivity (Wildman–Crippen MR) is 194 cm³/mol. The van der Waals surface area contributed by atoms with Crippen molar-refractivity contribution >= 4 is 33.4 Å². The Balaban J connectivity index is 1.30. The highest BCUT2D eigenvalue weighted by Gasteiger charge is 2.35. The molecule has 0 radical (unpaired) electrons. The number of rotatable bonds is 11. The number of H-pyrrole nitrogens is 1. The van der Waals surface area contributed by atoms with Gasteiger partial charge in [-0.15, -0.1) is 10.2 Å². The van der Waals surface area contributed by atoms with Crippen molar-refractivity contribution in [2.75, 3.05) is 18.1 Å². The molecule has 17 heteroatoms. The van der Waals surface area contributed by atoms with E-state index in [1.165, 1.54) is 12.1 Å². The van der Waals surface area contributed by atoms with Crippen LogP contribution < -0.4 is 16.0 Å². The van der Waals surface area contributed by atoms with E-state index in [1.54, 1.807) is 57.2 Å². The Morgan fingerprint density at radius 3 is 2.15 bits per heavy atom. The van der Waals surface area contributed by atoms with Crippen LogP contribution in [0.4, 0.5) is 23.7 Å². The maximum absolute atomic E-state index is 14.0. The SMILES string of the molecule is CC(C)(C)OC(=O)NCC1CCC(C(=O)NC(Cc2ccc(-c3ccc(S(C)(=O)=O)cc3C(F)(F)F)cc2)C(=O)Nc2ccc(-c3nn[nH]n3)cc2)CC1. The van der Waals surface area contributed by atoms with Crippen molar-refractivity contribution in [2.45, 2.75) is 75.6 Å². The van der Waals surface area contributed by atoms with Crippen molar-refractivity contribution < 1.29 is 40.7 Å². The van der Waals surface area contributed by atoms with Crippen LogP contribution in [0.25, 0.3) is 22.5 Å². The number of nitrogens with zero attached hydrogens (tertiary/aromatic N) is 3. The number of carbonyl (C=O) groups is 3. The third kappa shape index (κ3) is 10.9. The van der Waals surface area contributed by atoms with Crippen molar-refractivity contribution in [1.82, 2.24) is 31.3 Å². The van der Waals surface area contributed by atoms with E-state index in [0.29, 0.717) is 60.9 Å². The Kier molecular flexibility index (Phi) is 12.1. The molecule has 1 atom stereocenters. The van der Waals surface area contributed by atoms with Crippen LogP contribution in [0.3, 0.4) is 0 Å². The van der Waals surface area contributed by atoms with Gasteiger partial charge in [-0.05, 0) is 111 Å². The molecule has 4 N–H and O–H groups in total. The van der Waals surface area contributed by atoms with Crippen molar-refractivity contribution in [3.63, 3.8) is 0 Å². The van der Waals surface area contributed by atoms with Gasteiger partial charge in [0.25, 0.3) is 0 Å². The number of benzene rings is 3. The molecule has 288 valence electrons. The van der Waals surface area contributed by atoms with Gasteiger partial charge in [-0.2, -0.15) is 18.4 Å². The van der Waals surface area contributed by atoms with Crippen molar-refractivity contribution in [1.29, 1.82) is 0 Å². The summed E-state index contributed by atoms with van der Waals surface area (Å²) in [6.45, 7) is 5.76. The van der Waals surface area contributed by atoms with Gasteiger partial charge in [0.15, 0.2) is 9.84 Å². The van der Waals surface area contributed by atoms with Crippen LogP contribution in [-0.4, -0.2) is 71.4 Å². The van der Waals surface area contributed by atoms with Crippen LogP contribution in [0.15, 0.2) is 71.6 Å². The summed E-state index contributed by atoms with van der Waals surface area (Å²) in [5, 5.41) is 22.3. The van der Waals surface area contributed by atoms with Crippen LogP contribution in [0.5, 0.6) is 0 Å². The van der Waals surface area contributed by atoms with E-state index in [-0.39, 0.29) is 35.3 Å². The van der Waals surface area contributed by atoms with Gasteiger partial charge in [-0.3, -0.25) is 9.59 Å². The van der Waals surface area contributed by atoms with Gasteiger partial charge in [0.2, 0.25) is 17.6 Å². The van der Waals surface area contributed by atoms with E-state index >= 15 is 0 Å². The van der Waals surface area contributed by atoms with E-state index in [2.05, 4.69) is 36.6 Å². The average molecular weight is 770 g/mol. The van der Waals surface area contributed by atoms with E-state index in [9.17, 15) is 36.0 Å². The molecule has 3 aromatic carbocycles. The van der Waals surface area contributed by atoms with Gasteiger partial charge < -0.3 is 20.7 Å². The third-order valence-corrected chi connectivity index (χ3v) is 10.1. The van der Waals surface area contributed by atoms with E-state index in [1.807, 2.05) is 0 Å². The summed E-state index contributed by atoms with van der Waals surface area (Å²) in [6, 6.07) is 14.6. The highest BCUT2D eigenvalue weighted by molar-refractivity contribution is 7.90. The molecule has 1 aliphatic rings. The summed E-state index contributed by atoms with van der Waals surface area (Å²) in [5.41, 5.74) is -0.0665. The average Bonchev–Trinajstić information content (AvgIpc) is 3.65. The first-order valence-corrected chi connectivity index (χ1v) is 19.2. The fraction of sp³-hybridized carbons (Fsp3) is 0.405. The Labute approximate surface area is 310 Å². The first-order chi connectivity index (χ1) is 25.4. The van der Waals surface area contributed by atoms with Crippen LogP contribution in [0.1, 0.15) is 57.6 Å². The number of aromatic amines is 1. The van der Waals surface area contributed by atoms with Gasteiger partial charge >= 0.3 is 12.3 Å². The number of ether oxygens (including phenoxy) is 1. The molecule has 0 saturated heterocycles. The molecule has 5 rings (SSSR count). The number of sulfone groups is 1. The molecule has 1 aromatic heterocycles. The topological polar surface area (TPSA) is 185 Å². The number of tetrazole rings is 1. The molecular weight excluding hydrogens is 728 g/mol. The quantitative estimate of drug-likeness (QED) is 0.143. The molecule has 1 saturated carbocycles. The summed E-state index contributed by atoms with van der Waals surface area (Å²) in [5.74, 6) is -0.657. The molecule has 1 fully saturated rings. The van der Waals surface area contributed by atoms with E-state index in [0.717, 1.165) is 18.4 Å². The summed E-state index contributed by atoms with van der Waals surface area (Å²) in [7, 11) is -3.88. The fourth-order valence-electron chi connectivity index (χ4n) is 6.18. The van der Waals surface area contributed by atoms with Crippen LogP contribution in [-0.2, 0) is 36.8 Å². The molecule has 13 nitrogen and oxygen atoms in total. The normalized spacial score (nSPS) is 16.9. The smallest absolute Gasteiger partial charge is 0.417 e. The van der Waals surface area contributed by atoms with E-state index in [4.69, 9.17) is 4.74 Å². The zero-order chi connectivity index (χ0) is 39.3. The number of amides is 3. The van der Waals surface area contributed by atoms with Crippen LogP contribution in [0, 0.1) is 11.8 Å². The number of hydrogen-bond donors (Lipinski definition) is 4. The minimum atomic E-state index is -4.82. The standard InChI is InChI=1S/C37H42F3N7O6S/c1-36(2,3)53-35(50)41-21-23-7-11-26(12-8-23)33(48)43-31(34(49)42-27-15-13-25(14-16-27)32-44-46-47-45-32)19-22-5-9-24(10-6-22)29-18-17-28(54(4,51)52)20-30(29)37(38,39)40/h5-6,9-10,13-18,20,23,26,31H,7-8,11-12,19,21H2,1-4H3,(H,41,50)(H,42,49)(H,43,48)(H,44,45,46,47). The van der Waals surface area contributed by atoms with Gasteiger partial charge in [0.05, 0.1) is 10.5 Å². The lowest BCUT2D eigenvalue weighted by Gasteiger charge is -2.29. The van der Waals surface area contributed by atoms with Crippen molar-refractivity contribution in [3.05, 3.63) is 77.9 Å². The van der Waals surface area contributed by atoms with Crippen LogP contribution in [0.2, 0.25) is 0 Å². The fourth-order valence-corrected chi connectivity index (χ4v) is 6.83. The second kappa shape index (κ2) is 16.4. The van der Waals surface area contributed by atoms with E-state index < -0.39 is 50.1 Å². The molecule has 3 amide bonds. The number of aromatic nitrogens is 4. The maximum Gasteiger partial charge on any atom is 0.417 e. The Bertz CT molecular complexity index is 2040. The monoisotopic (exact) mass is 769 g/mol. The number of halogens is 3. The maximum atomic E-state index is 14.0. The highest BCUT2D eigenvalue weighted by Crippen LogP contribution is 2.38. The van der Waals surface area contributed by atoms with Gasteiger partial charge in [-0.1, -0.05) is 30.3 Å². The summed E-state index contributed by atoms with van der Waals surface area (Å²) >= 11 is 0. The molecule has 4 aromatic rings. The number of nitrogens with one attached hydrogen (secondary N) is 4. The van der Waals surface area contributed by atoms with Gasteiger partial charge in [0, 0.05) is 36.4 Å². The molecule has 0 bridgehead atoms. The number of hydrogen-bond acceptors (Lipinski definition) is 9. The van der Waals surface area contributed by atoms with Gasteiger partial charge in [-0.25, -0.2) is 13.2 Å². The Morgan fingerprint density at radius 1 is 0.926 bits per heavy atom. The molecule has 0 aliphatic heterocycles. The third-order valence-electron chi connectivity index (χ3n) is 8.97. The van der Waals surface area contributed by atoms with Crippen molar-refractivity contribution in [2.24, 2.45) is 11.8 Å². The lowest BCUT2D eigenvalue weighted by molar-refractivity contribution is -0.137. The Hall–Kier alpha value is -5.32. The lowest BCUT2D eigenvalue weighted by Crippen LogP contribution is -2.48. The number of alkyl carbamates (subject to hydrolysis) is 1. The summed E-state index contributed by atoms with van der Waals surface area (Å²) in [4.78, 5) is 38.9. The molecular formula is C37H42F3N7O6S.